The molecule has 4 fully saturated rings. The minimum Gasteiger partial charge on any atom is -0.463 e. The average molecular weight is 776 g/mol. The maximum absolute atomic E-state index is 17.8. The van der Waals surface area contributed by atoms with Gasteiger partial charge in [0.05, 0.1) is 41.8 Å². The largest absolute Gasteiger partial charge is 0.463 e. The number of aliphatic hydroxyl groups is 1. The number of β-amino-alcohol motifs (C(OH)–C–C–N with tert-alkyl or cyclic N) is 1. The Hall–Kier alpha value is -3.67. The molecular formula is C42H55F2N7O3S. The number of ether oxygens (including phenoxy) is 2. The number of halogens is 2. The maximum Gasteiger partial charge on any atom is 0.319 e. The molecule has 1 aromatic carbocycles. The van der Waals surface area contributed by atoms with Crippen LogP contribution in [-0.2, 0) is 18.0 Å². The summed E-state index contributed by atoms with van der Waals surface area (Å²) < 4.78 is 45.9. The number of nitrogen functional groups attached to an aromatic ring is 1. The van der Waals surface area contributed by atoms with Gasteiger partial charge in [0.2, 0.25) is 0 Å². The first-order valence-corrected chi connectivity index (χ1v) is 21.0. The van der Waals surface area contributed by atoms with Gasteiger partial charge in [0.25, 0.3) is 0 Å². The number of fused-ring (bicyclic) bond motifs is 5. The van der Waals surface area contributed by atoms with E-state index < -0.39 is 17.7 Å². The summed E-state index contributed by atoms with van der Waals surface area (Å²) >= 11 is 0.993. The number of nitrogens with zero attached hydrogens (tertiary/aromatic N) is 6. The Kier molecular flexibility index (Phi) is 11.8. The van der Waals surface area contributed by atoms with E-state index in [1.807, 2.05) is 33.8 Å². The van der Waals surface area contributed by atoms with Gasteiger partial charge in [0.1, 0.15) is 28.2 Å². The van der Waals surface area contributed by atoms with Crippen LogP contribution >= 0.6 is 11.3 Å². The van der Waals surface area contributed by atoms with Crippen LogP contribution in [0.5, 0.6) is 6.01 Å². The van der Waals surface area contributed by atoms with Crippen molar-refractivity contribution < 1.29 is 23.4 Å². The SMILES string of the molecule is C/C=C(/F)c1sc(N)c(C#N)c1/C(=C/CC)c1c2c(c3c(N4C5CCC4CN(CC(C)O)C5)nc(OCC4(CN5CCCC5)CC4)nc3c1F)COC2.CC. The lowest BCUT2D eigenvalue weighted by Crippen LogP contribution is -2.55. The zero-order valence-corrected chi connectivity index (χ0v) is 33.7. The van der Waals surface area contributed by atoms with Gasteiger partial charge in [-0.05, 0) is 88.6 Å². The van der Waals surface area contributed by atoms with Gasteiger partial charge in [-0.15, -0.1) is 11.3 Å². The summed E-state index contributed by atoms with van der Waals surface area (Å²) in [6.45, 7) is 15.5. The highest BCUT2D eigenvalue weighted by molar-refractivity contribution is 7.17. The van der Waals surface area contributed by atoms with Crippen LogP contribution in [-0.4, -0.2) is 88.9 Å². The summed E-state index contributed by atoms with van der Waals surface area (Å²) in [5.74, 6) is -0.441. The van der Waals surface area contributed by atoms with Gasteiger partial charge in [-0.1, -0.05) is 32.9 Å². The molecule has 2 aromatic heterocycles. The van der Waals surface area contributed by atoms with E-state index in [0.717, 1.165) is 75.3 Å². The Labute approximate surface area is 327 Å². The first-order chi connectivity index (χ1) is 26.6. The van der Waals surface area contributed by atoms with Crippen molar-refractivity contribution >= 4 is 44.5 Å². The molecule has 3 aromatic rings. The lowest BCUT2D eigenvalue weighted by Gasteiger charge is -2.42. The number of allylic oxidation sites excluding steroid dienone is 2. The number of nitriles is 1. The van der Waals surface area contributed by atoms with Crippen LogP contribution in [0.2, 0.25) is 0 Å². The number of anilines is 2. The minimum atomic E-state index is -0.573. The predicted molar refractivity (Wildman–Crippen MR) is 215 cm³/mol. The van der Waals surface area contributed by atoms with Crippen LogP contribution < -0.4 is 15.4 Å². The number of nitrogens with two attached hydrogens (primary N) is 1. The number of benzene rings is 1. The monoisotopic (exact) mass is 775 g/mol. The summed E-state index contributed by atoms with van der Waals surface area (Å²) in [6, 6.07) is 2.57. The number of rotatable bonds is 12. The van der Waals surface area contributed by atoms with Crippen molar-refractivity contribution in [1.82, 2.24) is 19.8 Å². The zero-order chi connectivity index (χ0) is 39.0. The van der Waals surface area contributed by atoms with Gasteiger partial charge in [-0.2, -0.15) is 15.2 Å². The van der Waals surface area contributed by atoms with Gasteiger partial charge < -0.3 is 30.1 Å². The normalized spacial score (nSPS) is 22.8. The predicted octanol–water partition coefficient (Wildman–Crippen LogP) is 7.80. The number of piperazine rings is 1. The van der Waals surface area contributed by atoms with Crippen LogP contribution in [0.3, 0.4) is 0 Å². The van der Waals surface area contributed by atoms with Gasteiger partial charge in [0, 0.05) is 54.8 Å². The highest BCUT2D eigenvalue weighted by Crippen LogP contribution is 2.50. The standard InChI is InChI=1S/C40H49F2N7O3S.C2H6/c1-4-8-26(32-27(15-43)37(44)53-36(32)30(41)5-2)31-28-19-51-20-29(28)33-35(34(31)42)45-39(52-22-40(11-12-40)21-47-13-6-7-14-47)46-38(33)49-24-9-10-25(49)18-48(17-24)16-23(3)50;1-2/h5,8,23-25,50H,4,6-7,9-14,16-22,44H2,1-3H3;1-2H3/b26-8+,30-5+;. The van der Waals surface area contributed by atoms with Crippen LogP contribution in [0.4, 0.5) is 19.6 Å². The molecule has 1 aliphatic carbocycles. The Morgan fingerprint density at radius 2 is 1.82 bits per heavy atom. The third kappa shape index (κ3) is 7.48. The van der Waals surface area contributed by atoms with E-state index in [1.54, 1.807) is 6.92 Å². The van der Waals surface area contributed by atoms with E-state index in [1.165, 1.54) is 18.9 Å². The van der Waals surface area contributed by atoms with Crippen LogP contribution in [0.25, 0.3) is 22.3 Å². The van der Waals surface area contributed by atoms with Crippen molar-refractivity contribution in [2.75, 3.05) is 56.5 Å². The minimum absolute atomic E-state index is 0.0425. The fraction of sp³-hybridized carbons (Fsp3) is 0.595. The first kappa shape index (κ1) is 39.6. The van der Waals surface area contributed by atoms with Crippen molar-refractivity contribution in [3.8, 4) is 12.1 Å². The highest BCUT2D eigenvalue weighted by Gasteiger charge is 2.46. The highest BCUT2D eigenvalue weighted by atomic mass is 32.1. The van der Waals surface area contributed by atoms with Crippen molar-refractivity contribution in [3.63, 3.8) is 0 Å². The first-order valence-electron chi connectivity index (χ1n) is 20.2. The van der Waals surface area contributed by atoms with Gasteiger partial charge >= 0.3 is 6.01 Å². The molecule has 6 heterocycles. The molecule has 13 heteroatoms. The second-order valence-corrected chi connectivity index (χ2v) is 16.7. The maximum atomic E-state index is 17.8. The van der Waals surface area contributed by atoms with Crippen molar-refractivity contribution in [3.05, 3.63) is 50.7 Å². The molecule has 5 aliphatic rings. The lowest BCUT2D eigenvalue weighted by atomic mass is 9.87. The van der Waals surface area contributed by atoms with Crippen molar-refractivity contribution in [1.29, 1.82) is 5.26 Å². The number of hydrogen-bond acceptors (Lipinski definition) is 11. The molecule has 0 spiro atoms. The third-order valence-corrected chi connectivity index (χ3v) is 12.8. The summed E-state index contributed by atoms with van der Waals surface area (Å²) in [7, 11) is 0. The van der Waals surface area contributed by atoms with E-state index in [0.29, 0.717) is 41.9 Å². The van der Waals surface area contributed by atoms with Gasteiger partial charge in [0.15, 0.2) is 5.82 Å². The molecule has 55 heavy (non-hydrogen) atoms. The van der Waals surface area contributed by atoms with E-state index >= 15 is 8.78 Å². The molecule has 3 N–H and O–H groups in total. The van der Waals surface area contributed by atoms with E-state index in [9.17, 15) is 10.4 Å². The topological polar surface area (TPSA) is 124 Å². The van der Waals surface area contributed by atoms with Gasteiger partial charge in [-0.25, -0.2) is 8.78 Å². The number of aliphatic hydroxyl groups excluding tert-OH is 1. The number of aromatic nitrogens is 2. The summed E-state index contributed by atoms with van der Waals surface area (Å²) in [6.07, 6.45) is 9.75. The fourth-order valence-electron chi connectivity index (χ4n) is 9.19. The quantitative estimate of drug-likeness (QED) is 0.188. The molecule has 3 saturated heterocycles. The Balaban J connectivity index is 0.00000229. The molecule has 8 rings (SSSR count). The molecule has 10 nitrogen and oxygen atoms in total. The van der Waals surface area contributed by atoms with Crippen LogP contribution in [0.15, 0.2) is 12.2 Å². The second kappa shape index (κ2) is 16.4. The van der Waals surface area contributed by atoms with E-state index in [-0.39, 0.29) is 68.8 Å². The number of thiophene rings is 1. The zero-order valence-electron chi connectivity index (χ0n) is 32.9. The summed E-state index contributed by atoms with van der Waals surface area (Å²) in [5.41, 5.74) is 9.00. The van der Waals surface area contributed by atoms with Gasteiger partial charge in [-0.3, -0.25) is 4.90 Å². The van der Waals surface area contributed by atoms with Crippen LogP contribution in [0, 0.1) is 22.6 Å². The van der Waals surface area contributed by atoms with E-state index in [2.05, 4.69) is 20.8 Å². The summed E-state index contributed by atoms with van der Waals surface area (Å²) in [5, 5.41) is 21.2. The Bertz CT molecular complexity index is 2000. The smallest absolute Gasteiger partial charge is 0.319 e. The average Bonchev–Trinajstić information content (AvgIpc) is 3.56. The molecule has 1 saturated carbocycles. The lowest BCUT2D eigenvalue weighted by molar-refractivity contribution is 0.111. The Morgan fingerprint density at radius 3 is 2.44 bits per heavy atom. The summed E-state index contributed by atoms with van der Waals surface area (Å²) in [4.78, 5) is 17.4. The Morgan fingerprint density at radius 1 is 1.13 bits per heavy atom. The molecule has 4 aliphatic heterocycles. The fourth-order valence-corrected chi connectivity index (χ4v) is 10.2. The molecule has 296 valence electrons. The van der Waals surface area contributed by atoms with E-state index in [4.69, 9.17) is 25.2 Å². The molecular weight excluding hydrogens is 721 g/mol. The number of hydrogen-bond donors (Lipinski definition) is 2. The molecule has 3 unspecified atom stereocenters. The molecule has 3 atom stereocenters. The third-order valence-electron chi connectivity index (χ3n) is 11.8. The second-order valence-electron chi connectivity index (χ2n) is 15.6. The van der Waals surface area contributed by atoms with Crippen molar-refractivity contribution in [2.24, 2.45) is 5.41 Å². The molecule has 0 amide bonds. The molecule has 0 radical (unpaired) electrons. The van der Waals surface area contributed by atoms with Crippen LogP contribution in [0.1, 0.15) is 112 Å². The number of likely N-dealkylation sites (tertiary alicyclic amines) is 2. The molecule has 2 bridgehead atoms. The van der Waals surface area contributed by atoms with Crippen molar-refractivity contribution in [2.45, 2.75) is 111 Å².